The summed E-state index contributed by atoms with van der Waals surface area (Å²) in [5.41, 5.74) is 0.648. The maximum Gasteiger partial charge on any atom is 0.233 e. The molecule has 0 radical (unpaired) electrons. The molecule has 2 unspecified atom stereocenters. The lowest BCUT2D eigenvalue weighted by Gasteiger charge is -2.39. The van der Waals surface area contributed by atoms with Gasteiger partial charge in [0.05, 0.1) is 18.4 Å². The molecular formula is C15H22N2O3. The predicted molar refractivity (Wildman–Crippen MR) is 73.4 cm³/mol. The van der Waals surface area contributed by atoms with Gasteiger partial charge in [-0.15, -0.1) is 10.2 Å². The molecule has 2 fully saturated rings. The topological polar surface area (TPSA) is 64.5 Å². The molecule has 0 bridgehead atoms. The van der Waals surface area contributed by atoms with E-state index in [-0.39, 0.29) is 11.5 Å². The van der Waals surface area contributed by atoms with E-state index in [0.29, 0.717) is 11.6 Å². The Morgan fingerprint density at radius 1 is 1.35 bits per heavy atom. The summed E-state index contributed by atoms with van der Waals surface area (Å²) in [6, 6.07) is 3.55. The van der Waals surface area contributed by atoms with Crippen molar-refractivity contribution >= 4 is 0 Å². The van der Waals surface area contributed by atoms with Gasteiger partial charge in [-0.2, -0.15) is 0 Å². The molecule has 1 N–H and O–H groups in total. The number of aromatic nitrogens is 2. The van der Waals surface area contributed by atoms with E-state index in [2.05, 4.69) is 10.2 Å². The molecule has 5 heteroatoms. The van der Waals surface area contributed by atoms with Crippen LogP contribution in [0.4, 0.5) is 0 Å². The van der Waals surface area contributed by atoms with E-state index in [4.69, 9.17) is 9.47 Å². The number of hydrogen-bond acceptors (Lipinski definition) is 5. The Bertz CT molecular complexity index is 443. The molecule has 1 spiro atoms. The third-order valence-electron chi connectivity index (χ3n) is 4.67. The highest BCUT2D eigenvalue weighted by molar-refractivity contribution is 5.14. The zero-order chi connectivity index (χ0) is 14.0. The molecule has 2 atom stereocenters. The Hall–Kier alpha value is -1.20. The van der Waals surface area contributed by atoms with E-state index < -0.39 is 6.10 Å². The fourth-order valence-electron chi connectivity index (χ4n) is 3.54. The Morgan fingerprint density at radius 2 is 2.15 bits per heavy atom. The summed E-state index contributed by atoms with van der Waals surface area (Å²) in [5.74, 6) is 0.685. The van der Waals surface area contributed by atoms with E-state index in [9.17, 15) is 5.11 Å². The molecule has 3 rings (SSSR count). The molecule has 0 aromatic carbocycles. The van der Waals surface area contributed by atoms with Crippen LogP contribution in [0, 0.1) is 5.92 Å². The second-order valence-electron chi connectivity index (χ2n) is 5.94. The zero-order valence-electron chi connectivity index (χ0n) is 11.9. The molecule has 1 aromatic heterocycles. The molecule has 1 aliphatic carbocycles. The van der Waals surface area contributed by atoms with Gasteiger partial charge in [-0.05, 0) is 37.7 Å². The number of hydrogen-bond donors (Lipinski definition) is 1. The van der Waals surface area contributed by atoms with Crippen molar-refractivity contribution in [3.05, 3.63) is 17.8 Å². The maximum atomic E-state index is 10.6. The second-order valence-corrected chi connectivity index (χ2v) is 5.94. The molecule has 2 aliphatic rings. The molecule has 1 saturated heterocycles. The van der Waals surface area contributed by atoms with Crippen LogP contribution in [-0.4, -0.2) is 34.6 Å². The fourth-order valence-corrected chi connectivity index (χ4v) is 3.54. The minimum absolute atomic E-state index is 0.0177. The first-order valence-corrected chi connectivity index (χ1v) is 7.42. The van der Waals surface area contributed by atoms with Gasteiger partial charge in [-0.25, -0.2) is 0 Å². The van der Waals surface area contributed by atoms with E-state index in [1.54, 1.807) is 19.2 Å². The van der Waals surface area contributed by atoms with Gasteiger partial charge in [0.2, 0.25) is 5.88 Å². The van der Waals surface area contributed by atoms with Crippen molar-refractivity contribution < 1.29 is 14.6 Å². The SMILES string of the molecule is COc1ccc(C(O)C2CCOC3(CCCC3)C2)nn1. The van der Waals surface area contributed by atoms with Crippen LogP contribution in [-0.2, 0) is 4.74 Å². The first-order valence-electron chi connectivity index (χ1n) is 7.42. The summed E-state index contributed by atoms with van der Waals surface area (Å²) in [5, 5.41) is 18.6. The third kappa shape index (κ3) is 2.65. The van der Waals surface area contributed by atoms with Gasteiger partial charge in [0.25, 0.3) is 0 Å². The summed E-state index contributed by atoms with van der Waals surface area (Å²) in [4.78, 5) is 0. The Labute approximate surface area is 119 Å². The molecule has 0 amide bonds. The lowest BCUT2D eigenvalue weighted by molar-refractivity contribution is -0.113. The molecule has 1 aliphatic heterocycles. The largest absolute Gasteiger partial charge is 0.480 e. The molecule has 1 saturated carbocycles. The Morgan fingerprint density at radius 3 is 2.80 bits per heavy atom. The minimum atomic E-state index is -0.560. The van der Waals surface area contributed by atoms with Crippen molar-refractivity contribution in [2.75, 3.05) is 13.7 Å². The highest BCUT2D eigenvalue weighted by Gasteiger charge is 2.42. The maximum absolute atomic E-state index is 10.6. The highest BCUT2D eigenvalue weighted by atomic mass is 16.5. The van der Waals surface area contributed by atoms with E-state index in [1.807, 2.05) is 0 Å². The van der Waals surface area contributed by atoms with Gasteiger partial charge in [-0.1, -0.05) is 12.8 Å². The first-order chi connectivity index (χ1) is 9.72. The summed E-state index contributed by atoms with van der Waals surface area (Å²) in [7, 11) is 1.56. The van der Waals surface area contributed by atoms with Crippen LogP contribution in [0.2, 0.25) is 0 Å². The van der Waals surface area contributed by atoms with Crippen molar-refractivity contribution in [2.24, 2.45) is 5.92 Å². The standard InChI is InChI=1S/C15H22N2O3/c1-19-13-5-4-12(16-17-13)14(18)11-6-9-20-15(10-11)7-2-3-8-15/h4-5,11,14,18H,2-3,6-10H2,1H3. The van der Waals surface area contributed by atoms with E-state index >= 15 is 0 Å². The van der Waals surface area contributed by atoms with Crippen LogP contribution < -0.4 is 4.74 Å². The van der Waals surface area contributed by atoms with Crippen LogP contribution in [0.1, 0.15) is 50.3 Å². The van der Waals surface area contributed by atoms with Crippen LogP contribution in [0.3, 0.4) is 0 Å². The third-order valence-corrected chi connectivity index (χ3v) is 4.67. The van der Waals surface area contributed by atoms with Crippen LogP contribution in [0.15, 0.2) is 12.1 Å². The van der Waals surface area contributed by atoms with Crippen molar-refractivity contribution in [1.29, 1.82) is 0 Å². The van der Waals surface area contributed by atoms with Crippen LogP contribution in [0.25, 0.3) is 0 Å². The van der Waals surface area contributed by atoms with Gasteiger partial charge in [0.1, 0.15) is 6.10 Å². The second kappa shape index (κ2) is 5.66. The Kier molecular flexibility index (Phi) is 3.89. The lowest BCUT2D eigenvalue weighted by Crippen LogP contribution is -2.39. The lowest BCUT2D eigenvalue weighted by atomic mass is 9.81. The summed E-state index contributed by atoms with van der Waals surface area (Å²) in [6.45, 7) is 0.741. The zero-order valence-corrected chi connectivity index (χ0v) is 11.9. The van der Waals surface area contributed by atoms with Gasteiger partial charge in [0.15, 0.2) is 0 Å². The van der Waals surface area contributed by atoms with Crippen molar-refractivity contribution in [2.45, 2.75) is 50.2 Å². The molecular weight excluding hydrogens is 256 g/mol. The predicted octanol–water partition coefficient (Wildman–Crippen LogP) is 2.26. The normalized spacial score (nSPS) is 26.6. The average Bonchev–Trinajstić information content (AvgIpc) is 2.94. The smallest absolute Gasteiger partial charge is 0.233 e. The van der Waals surface area contributed by atoms with Crippen LogP contribution in [0.5, 0.6) is 5.88 Å². The molecule has 110 valence electrons. The summed E-state index contributed by atoms with van der Waals surface area (Å²) >= 11 is 0. The molecule has 2 heterocycles. The van der Waals surface area contributed by atoms with Crippen molar-refractivity contribution in [3.63, 3.8) is 0 Å². The Balaban J connectivity index is 1.70. The molecule has 1 aromatic rings. The molecule has 5 nitrogen and oxygen atoms in total. The quantitative estimate of drug-likeness (QED) is 0.918. The molecule has 20 heavy (non-hydrogen) atoms. The average molecular weight is 278 g/mol. The van der Waals surface area contributed by atoms with Gasteiger partial charge < -0.3 is 14.6 Å². The van der Waals surface area contributed by atoms with Gasteiger partial charge in [-0.3, -0.25) is 0 Å². The minimum Gasteiger partial charge on any atom is -0.480 e. The summed E-state index contributed by atoms with van der Waals surface area (Å²) < 4.78 is 11.0. The number of nitrogens with zero attached hydrogens (tertiary/aromatic N) is 2. The van der Waals surface area contributed by atoms with Crippen molar-refractivity contribution in [1.82, 2.24) is 10.2 Å². The number of ether oxygens (including phenoxy) is 2. The van der Waals surface area contributed by atoms with Gasteiger partial charge in [0, 0.05) is 12.7 Å². The first kappa shape index (κ1) is 13.8. The monoisotopic (exact) mass is 278 g/mol. The summed E-state index contributed by atoms with van der Waals surface area (Å²) in [6.07, 6.45) is 6.00. The highest BCUT2D eigenvalue weighted by Crippen LogP contribution is 2.45. The number of methoxy groups -OCH3 is 1. The van der Waals surface area contributed by atoms with E-state index in [0.717, 1.165) is 32.3 Å². The number of rotatable bonds is 3. The van der Waals surface area contributed by atoms with E-state index in [1.165, 1.54) is 12.8 Å². The van der Waals surface area contributed by atoms with Crippen LogP contribution >= 0.6 is 0 Å². The number of aliphatic hydroxyl groups excluding tert-OH is 1. The number of aliphatic hydroxyl groups is 1. The fraction of sp³-hybridized carbons (Fsp3) is 0.733. The van der Waals surface area contributed by atoms with Crippen molar-refractivity contribution in [3.8, 4) is 5.88 Å². The van der Waals surface area contributed by atoms with Gasteiger partial charge >= 0.3 is 0 Å².